The summed E-state index contributed by atoms with van der Waals surface area (Å²) >= 11 is 0. The molecule has 0 saturated carbocycles. The lowest BCUT2D eigenvalue weighted by molar-refractivity contribution is 0.263. The molecule has 2 heteroatoms. The van der Waals surface area contributed by atoms with Crippen molar-refractivity contribution in [1.29, 1.82) is 0 Å². The summed E-state index contributed by atoms with van der Waals surface area (Å²) in [5.74, 6) is 0. The number of likely N-dealkylation sites (tertiary alicyclic amines) is 1. The molecule has 1 saturated heterocycles. The number of nitrogens with zero attached hydrogens (tertiary/aromatic N) is 1. The number of rotatable bonds is 4. The van der Waals surface area contributed by atoms with Crippen molar-refractivity contribution in [3.63, 3.8) is 0 Å². The first-order chi connectivity index (χ1) is 7.97. The van der Waals surface area contributed by atoms with Crippen LogP contribution in [-0.4, -0.2) is 36.6 Å². The quantitative estimate of drug-likeness (QED) is 0.757. The third kappa shape index (κ3) is 7.56. The van der Waals surface area contributed by atoms with Crippen molar-refractivity contribution >= 4 is 0 Å². The molecule has 1 heterocycles. The molecule has 100 valence electrons. The van der Waals surface area contributed by atoms with Gasteiger partial charge in [0.15, 0.2) is 0 Å². The van der Waals surface area contributed by atoms with E-state index in [1.165, 1.54) is 50.8 Å². The van der Waals surface area contributed by atoms with E-state index in [1.807, 2.05) is 0 Å². The summed E-state index contributed by atoms with van der Waals surface area (Å²) in [6.07, 6.45) is 6.97. The molecule has 17 heavy (non-hydrogen) atoms. The average molecular weight is 238 g/mol. The summed E-state index contributed by atoms with van der Waals surface area (Å²) in [7, 11) is 0. The van der Waals surface area contributed by atoms with Crippen molar-refractivity contribution in [3.05, 3.63) is 12.2 Å². The smallest absolute Gasteiger partial charge is 0.0202 e. The van der Waals surface area contributed by atoms with E-state index >= 15 is 0 Å². The van der Waals surface area contributed by atoms with Crippen LogP contribution in [0.15, 0.2) is 12.2 Å². The van der Waals surface area contributed by atoms with Gasteiger partial charge in [-0.15, -0.1) is 0 Å². The van der Waals surface area contributed by atoms with Gasteiger partial charge in [0, 0.05) is 18.6 Å². The van der Waals surface area contributed by atoms with E-state index in [0.717, 1.165) is 13.1 Å². The molecule has 0 aromatic heterocycles. The van der Waals surface area contributed by atoms with Crippen LogP contribution in [-0.2, 0) is 0 Å². The summed E-state index contributed by atoms with van der Waals surface area (Å²) in [6, 6.07) is 0. The SMILES string of the molecule is C=C(CNC(C)(C)C)CN1CCCCCCC1. The van der Waals surface area contributed by atoms with E-state index in [-0.39, 0.29) is 5.54 Å². The molecule has 1 fully saturated rings. The minimum absolute atomic E-state index is 0.194. The molecule has 1 N–H and O–H groups in total. The Hall–Kier alpha value is -0.340. The van der Waals surface area contributed by atoms with Crippen LogP contribution >= 0.6 is 0 Å². The Balaban J connectivity index is 2.23. The molecule has 0 aliphatic carbocycles. The molecule has 2 nitrogen and oxygen atoms in total. The molecule has 0 spiro atoms. The molecule has 0 aromatic carbocycles. The van der Waals surface area contributed by atoms with E-state index < -0.39 is 0 Å². The Morgan fingerprint density at radius 2 is 1.59 bits per heavy atom. The third-order valence-corrected chi connectivity index (χ3v) is 3.26. The van der Waals surface area contributed by atoms with Crippen LogP contribution in [0, 0.1) is 0 Å². The fourth-order valence-corrected chi connectivity index (χ4v) is 2.23. The molecular weight excluding hydrogens is 208 g/mol. The van der Waals surface area contributed by atoms with Gasteiger partial charge < -0.3 is 5.32 Å². The Bertz CT molecular complexity index is 220. The van der Waals surface area contributed by atoms with Crippen LogP contribution in [0.1, 0.15) is 52.9 Å². The fraction of sp³-hybridized carbons (Fsp3) is 0.867. The highest BCUT2D eigenvalue weighted by molar-refractivity contribution is 5.01. The lowest BCUT2D eigenvalue weighted by Crippen LogP contribution is -2.39. The summed E-state index contributed by atoms with van der Waals surface area (Å²) < 4.78 is 0. The molecule has 1 rings (SSSR count). The Kier molecular flexibility index (Phi) is 6.21. The molecule has 0 amide bonds. The molecule has 1 aliphatic heterocycles. The zero-order valence-corrected chi connectivity index (χ0v) is 12.0. The summed E-state index contributed by atoms with van der Waals surface area (Å²) in [4.78, 5) is 2.58. The van der Waals surface area contributed by atoms with E-state index in [0.29, 0.717) is 0 Å². The second kappa shape index (κ2) is 7.17. The summed E-state index contributed by atoms with van der Waals surface area (Å²) in [5.41, 5.74) is 1.51. The van der Waals surface area contributed by atoms with Gasteiger partial charge in [-0.05, 0) is 52.3 Å². The van der Waals surface area contributed by atoms with Crippen LogP contribution in [0.4, 0.5) is 0 Å². The van der Waals surface area contributed by atoms with Crippen LogP contribution in [0.2, 0.25) is 0 Å². The molecule has 0 radical (unpaired) electrons. The highest BCUT2D eigenvalue weighted by Gasteiger charge is 2.12. The van der Waals surface area contributed by atoms with Crippen molar-refractivity contribution in [3.8, 4) is 0 Å². The van der Waals surface area contributed by atoms with Crippen LogP contribution in [0.25, 0.3) is 0 Å². The van der Waals surface area contributed by atoms with Crippen LogP contribution in [0.5, 0.6) is 0 Å². The highest BCUT2D eigenvalue weighted by atomic mass is 15.1. The predicted molar refractivity (Wildman–Crippen MR) is 76.4 cm³/mol. The van der Waals surface area contributed by atoms with Gasteiger partial charge in [0.1, 0.15) is 0 Å². The molecule has 0 atom stereocenters. The highest BCUT2D eigenvalue weighted by Crippen LogP contribution is 2.11. The zero-order valence-electron chi connectivity index (χ0n) is 12.0. The standard InChI is InChI=1S/C15H30N2/c1-14(12-16-15(2,3)4)13-17-10-8-6-5-7-9-11-17/h16H,1,5-13H2,2-4H3. The number of hydrogen-bond acceptors (Lipinski definition) is 2. The molecule has 0 bridgehead atoms. The largest absolute Gasteiger partial charge is 0.308 e. The predicted octanol–water partition coefficient (Wildman–Crippen LogP) is 3.20. The van der Waals surface area contributed by atoms with Gasteiger partial charge in [0.05, 0.1) is 0 Å². The first-order valence-electron chi connectivity index (χ1n) is 7.11. The van der Waals surface area contributed by atoms with E-state index in [9.17, 15) is 0 Å². The zero-order chi connectivity index (χ0) is 12.7. The van der Waals surface area contributed by atoms with Gasteiger partial charge in [-0.1, -0.05) is 25.8 Å². The maximum absolute atomic E-state index is 4.20. The minimum atomic E-state index is 0.194. The monoisotopic (exact) mass is 238 g/mol. The summed E-state index contributed by atoms with van der Waals surface area (Å²) in [5, 5.41) is 3.51. The minimum Gasteiger partial charge on any atom is -0.308 e. The number of nitrogens with one attached hydrogen (secondary N) is 1. The lowest BCUT2D eigenvalue weighted by Gasteiger charge is -2.27. The molecule has 0 unspecified atom stereocenters. The van der Waals surface area contributed by atoms with Crippen molar-refractivity contribution in [2.45, 2.75) is 58.4 Å². The van der Waals surface area contributed by atoms with Crippen LogP contribution < -0.4 is 5.32 Å². The Labute approximate surface area is 107 Å². The molecule has 0 aromatic rings. The molecular formula is C15H30N2. The topological polar surface area (TPSA) is 15.3 Å². The second-order valence-electron chi connectivity index (χ2n) is 6.40. The Morgan fingerprint density at radius 1 is 1.06 bits per heavy atom. The van der Waals surface area contributed by atoms with Crippen LogP contribution in [0.3, 0.4) is 0 Å². The van der Waals surface area contributed by atoms with Gasteiger partial charge in [0.2, 0.25) is 0 Å². The molecule has 1 aliphatic rings. The van der Waals surface area contributed by atoms with Gasteiger partial charge >= 0.3 is 0 Å². The first kappa shape index (κ1) is 14.7. The third-order valence-electron chi connectivity index (χ3n) is 3.26. The first-order valence-corrected chi connectivity index (χ1v) is 7.11. The van der Waals surface area contributed by atoms with Gasteiger partial charge in [-0.3, -0.25) is 4.90 Å². The average Bonchev–Trinajstić information content (AvgIpc) is 2.18. The van der Waals surface area contributed by atoms with Gasteiger partial charge in [0.25, 0.3) is 0 Å². The lowest BCUT2D eigenvalue weighted by atomic mass is 10.1. The van der Waals surface area contributed by atoms with E-state index in [1.54, 1.807) is 0 Å². The number of hydrogen-bond donors (Lipinski definition) is 1. The van der Waals surface area contributed by atoms with Gasteiger partial charge in [-0.2, -0.15) is 0 Å². The maximum atomic E-state index is 4.20. The summed E-state index contributed by atoms with van der Waals surface area (Å²) in [6.45, 7) is 15.3. The van der Waals surface area contributed by atoms with Crippen molar-refractivity contribution < 1.29 is 0 Å². The van der Waals surface area contributed by atoms with Crippen molar-refractivity contribution in [2.75, 3.05) is 26.2 Å². The second-order valence-corrected chi connectivity index (χ2v) is 6.40. The fourth-order valence-electron chi connectivity index (χ4n) is 2.23. The normalized spacial score (nSPS) is 19.7. The Morgan fingerprint density at radius 3 is 2.12 bits per heavy atom. The maximum Gasteiger partial charge on any atom is 0.0202 e. The van der Waals surface area contributed by atoms with E-state index in [2.05, 4.69) is 37.6 Å². The van der Waals surface area contributed by atoms with Crippen molar-refractivity contribution in [2.24, 2.45) is 0 Å². The van der Waals surface area contributed by atoms with E-state index in [4.69, 9.17) is 0 Å². The van der Waals surface area contributed by atoms with Gasteiger partial charge in [-0.25, -0.2) is 0 Å². The van der Waals surface area contributed by atoms with Crippen molar-refractivity contribution in [1.82, 2.24) is 10.2 Å².